The van der Waals surface area contributed by atoms with Crippen LogP contribution in [0.15, 0.2) is 18.2 Å². The highest BCUT2D eigenvalue weighted by Crippen LogP contribution is 2.24. The molecule has 0 unspecified atom stereocenters. The predicted octanol–water partition coefficient (Wildman–Crippen LogP) is 1.46. The molecule has 1 aromatic carbocycles. The van der Waals surface area contributed by atoms with Gasteiger partial charge in [0, 0.05) is 14.1 Å². The lowest BCUT2D eigenvalue weighted by Gasteiger charge is -2.15. The second-order valence-corrected chi connectivity index (χ2v) is 2.63. The van der Waals surface area contributed by atoms with Crippen molar-refractivity contribution in [1.82, 2.24) is 0 Å². The number of hydrogen-bond acceptors (Lipinski definition) is 2. The summed E-state index contributed by atoms with van der Waals surface area (Å²) in [6.45, 7) is 0. The van der Waals surface area contributed by atoms with Crippen molar-refractivity contribution >= 4 is 17.8 Å². The molecule has 0 saturated heterocycles. The van der Waals surface area contributed by atoms with Crippen molar-refractivity contribution < 1.29 is 9.18 Å². The maximum absolute atomic E-state index is 12.8. The van der Waals surface area contributed by atoms with Crippen molar-refractivity contribution in [3.63, 3.8) is 0 Å². The van der Waals surface area contributed by atoms with Gasteiger partial charge in [0.2, 0.25) is 6.41 Å². The number of carbonyl (C=O) groups is 1. The van der Waals surface area contributed by atoms with Crippen LogP contribution in [-0.4, -0.2) is 20.5 Å². The van der Waals surface area contributed by atoms with E-state index in [1.54, 1.807) is 20.2 Å². The molecule has 70 valence electrons. The summed E-state index contributed by atoms with van der Waals surface area (Å²) in [5.74, 6) is -0.359. The normalized spacial score (nSPS) is 9.46. The third-order valence-corrected chi connectivity index (χ3v) is 1.77. The summed E-state index contributed by atoms with van der Waals surface area (Å²) in [7, 11) is 3.29. The van der Waals surface area contributed by atoms with Crippen LogP contribution in [-0.2, 0) is 4.79 Å². The molecule has 0 radical (unpaired) electrons. The van der Waals surface area contributed by atoms with Crippen LogP contribution in [0.25, 0.3) is 0 Å². The van der Waals surface area contributed by atoms with Crippen LogP contribution < -0.4 is 10.2 Å². The molecule has 0 bridgehead atoms. The van der Waals surface area contributed by atoms with Gasteiger partial charge in [0.15, 0.2) is 0 Å². The third kappa shape index (κ3) is 1.96. The number of hydrogen-bond donors (Lipinski definition) is 1. The SMILES string of the molecule is CNc1ccc(F)cc1N(C)C=O. The van der Waals surface area contributed by atoms with E-state index < -0.39 is 0 Å². The van der Waals surface area contributed by atoms with Crippen molar-refractivity contribution in [1.29, 1.82) is 0 Å². The van der Waals surface area contributed by atoms with E-state index in [0.717, 1.165) is 5.69 Å². The minimum absolute atomic E-state index is 0.359. The third-order valence-electron chi connectivity index (χ3n) is 1.77. The minimum atomic E-state index is -0.359. The van der Waals surface area contributed by atoms with Crippen LogP contribution in [0.2, 0.25) is 0 Å². The van der Waals surface area contributed by atoms with Gasteiger partial charge in [-0.2, -0.15) is 0 Å². The van der Waals surface area contributed by atoms with Crippen LogP contribution in [0, 0.1) is 5.82 Å². The molecule has 0 atom stereocenters. The molecule has 0 spiro atoms. The van der Waals surface area contributed by atoms with E-state index in [9.17, 15) is 9.18 Å². The summed E-state index contributed by atoms with van der Waals surface area (Å²) in [5, 5.41) is 2.87. The Morgan fingerprint density at radius 1 is 1.54 bits per heavy atom. The van der Waals surface area contributed by atoms with Crippen LogP contribution in [0.4, 0.5) is 15.8 Å². The fraction of sp³-hybridized carbons (Fsp3) is 0.222. The lowest BCUT2D eigenvalue weighted by molar-refractivity contribution is -0.107. The van der Waals surface area contributed by atoms with E-state index >= 15 is 0 Å². The highest BCUT2D eigenvalue weighted by Gasteiger charge is 2.06. The summed E-state index contributed by atoms with van der Waals surface area (Å²) in [4.78, 5) is 11.8. The first kappa shape index (κ1) is 9.51. The summed E-state index contributed by atoms with van der Waals surface area (Å²) in [6, 6.07) is 4.23. The first-order chi connectivity index (χ1) is 6.19. The Labute approximate surface area is 76.2 Å². The Morgan fingerprint density at radius 2 is 2.23 bits per heavy atom. The van der Waals surface area contributed by atoms with E-state index in [1.165, 1.54) is 17.0 Å². The van der Waals surface area contributed by atoms with Gasteiger partial charge in [-0.1, -0.05) is 0 Å². The van der Waals surface area contributed by atoms with E-state index in [2.05, 4.69) is 5.32 Å². The zero-order valence-corrected chi connectivity index (χ0v) is 7.54. The number of benzene rings is 1. The summed E-state index contributed by atoms with van der Waals surface area (Å²) in [5.41, 5.74) is 1.24. The molecule has 3 nitrogen and oxygen atoms in total. The van der Waals surface area contributed by atoms with Crippen molar-refractivity contribution in [2.24, 2.45) is 0 Å². The standard InChI is InChI=1S/C9H11FN2O/c1-11-8-4-3-7(10)5-9(8)12(2)6-13/h3-6,11H,1-2H3. The maximum atomic E-state index is 12.8. The first-order valence-corrected chi connectivity index (χ1v) is 3.84. The Balaban J connectivity index is 3.14. The molecule has 13 heavy (non-hydrogen) atoms. The molecule has 4 heteroatoms. The van der Waals surface area contributed by atoms with Crippen LogP contribution >= 0.6 is 0 Å². The van der Waals surface area contributed by atoms with Gasteiger partial charge >= 0.3 is 0 Å². The Bertz CT molecular complexity index is 314. The van der Waals surface area contributed by atoms with Gasteiger partial charge in [-0.05, 0) is 18.2 Å². The van der Waals surface area contributed by atoms with E-state index in [0.29, 0.717) is 12.1 Å². The predicted molar refractivity (Wildman–Crippen MR) is 50.4 cm³/mol. The molecule has 1 rings (SSSR count). The average molecular weight is 182 g/mol. The topological polar surface area (TPSA) is 32.3 Å². The van der Waals surface area contributed by atoms with Crippen LogP contribution in [0.1, 0.15) is 0 Å². The number of nitrogens with zero attached hydrogens (tertiary/aromatic N) is 1. The van der Waals surface area contributed by atoms with E-state index in [4.69, 9.17) is 0 Å². The van der Waals surface area contributed by atoms with Crippen LogP contribution in [0.3, 0.4) is 0 Å². The van der Waals surface area contributed by atoms with Gasteiger partial charge < -0.3 is 10.2 Å². The first-order valence-electron chi connectivity index (χ1n) is 3.84. The van der Waals surface area contributed by atoms with Gasteiger partial charge in [0.1, 0.15) is 5.82 Å². The molecule has 0 aromatic heterocycles. The molecular weight excluding hydrogens is 171 g/mol. The maximum Gasteiger partial charge on any atom is 0.213 e. The monoisotopic (exact) mass is 182 g/mol. The van der Waals surface area contributed by atoms with Crippen molar-refractivity contribution in [2.45, 2.75) is 0 Å². The number of anilines is 2. The fourth-order valence-electron chi connectivity index (χ4n) is 1.06. The molecule has 1 amide bonds. The van der Waals surface area contributed by atoms with Gasteiger partial charge in [-0.15, -0.1) is 0 Å². The molecule has 1 aromatic rings. The smallest absolute Gasteiger partial charge is 0.213 e. The number of halogens is 1. The lowest BCUT2D eigenvalue weighted by Crippen LogP contribution is -2.15. The number of carbonyl (C=O) groups excluding carboxylic acids is 1. The Kier molecular flexibility index (Phi) is 2.84. The van der Waals surface area contributed by atoms with Gasteiger partial charge in [0.05, 0.1) is 11.4 Å². The molecule has 0 aliphatic heterocycles. The zero-order valence-electron chi connectivity index (χ0n) is 7.54. The lowest BCUT2D eigenvalue weighted by atomic mass is 10.2. The average Bonchev–Trinajstić information content (AvgIpc) is 2.16. The van der Waals surface area contributed by atoms with E-state index in [1.807, 2.05) is 0 Å². The van der Waals surface area contributed by atoms with Crippen molar-refractivity contribution in [2.75, 3.05) is 24.3 Å². The molecule has 0 aliphatic carbocycles. The van der Waals surface area contributed by atoms with Gasteiger partial charge in [0.25, 0.3) is 0 Å². The largest absolute Gasteiger partial charge is 0.386 e. The Hall–Kier alpha value is -1.58. The van der Waals surface area contributed by atoms with Crippen LogP contribution in [0.5, 0.6) is 0 Å². The fourth-order valence-corrected chi connectivity index (χ4v) is 1.06. The second-order valence-electron chi connectivity index (χ2n) is 2.63. The molecular formula is C9H11FN2O. The summed E-state index contributed by atoms with van der Waals surface area (Å²) >= 11 is 0. The minimum Gasteiger partial charge on any atom is -0.386 e. The molecule has 0 heterocycles. The molecule has 1 N–H and O–H groups in total. The molecule has 0 saturated carbocycles. The quantitative estimate of drug-likeness (QED) is 0.718. The Morgan fingerprint density at radius 3 is 2.77 bits per heavy atom. The highest BCUT2D eigenvalue weighted by atomic mass is 19.1. The summed E-state index contributed by atoms with van der Waals surface area (Å²) < 4.78 is 12.8. The molecule has 0 aliphatic rings. The zero-order chi connectivity index (χ0) is 9.84. The summed E-state index contributed by atoms with van der Waals surface area (Å²) in [6.07, 6.45) is 0.635. The number of amides is 1. The molecule has 0 fully saturated rings. The van der Waals surface area contributed by atoms with Gasteiger partial charge in [-0.25, -0.2) is 4.39 Å². The van der Waals surface area contributed by atoms with Gasteiger partial charge in [-0.3, -0.25) is 4.79 Å². The second kappa shape index (κ2) is 3.89. The van der Waals surface area contributed by atoms with Crippen molar-refractivity contribution in [3.05, 3.63) is 24.0 Å². The number of rotatable bonds is 3. The number of nitrogens with one attached hydrogen (secondary N) is 1. The van der Waals surface area contributed by atoms with E-state index in [-0.39, 0.29) is 5.82 Å². The van der Waals surface area contributed by atoms with Crippen molar-refractivity contribution in [3.8, 4) is 0 Å². The highest BCUT2D eigenvalue weighted by molar-refractivity contribution is 5.82.